The van der Waals surface area contributed by atoms with Crippen LogP contribution in [0.5, 0.6) is 5.75 Å². The van der Waals surface area contributed by atoms with Gasteiger partial charge in [-0.2, -0.15) is 0 Å². The minimum Gasteiger partial charge on any atom is -0.508 e. The van der Waals surface area contributed by atoms with Gasteiger partial charge < -0.3 is 5.11 Å². The molecule has 0 radical (unpaired) electrons. The van der Waals surface area contributed by atoms with Gasteiger partial charge in [-0.25, -0.2) is 0 Å². The summed E-state index contributed by atoms with van der Waals surface area (Å²) in [6.07, 6.45) is 10.0. The maximum atomic E-state index is 9.31. The third-order valence-corrected chi connectivity index (χ3v) is 4.95. The molecule has 2 saturated carbocycles. The molecule has 92 valence electrons. The van der Waals surface area contributed by atoms with Crippen LogP contribution in [-0.4, -0.2) is 5.11 Å². The largest absolute Gasteiger partial charge is 0.508 e. The topological polar surface area (TPSA) is 20.2 Å². The summed E-state index contributed by atoms with van der Waals surface area (Å²) in [6.45, 7) is 0. The van der Waals surface area contributed by atoms with Gasteiger partial charge in [0.25, 0.3) is 0 Å². The molecule has 1 aromatic carbocycles. The maximum Gasteiger partial charge on any atom is 0.115 e. The fourth-order valence-corrected chi connectivity index (χ4v) is 3.58. The number of phenolic OH excluding ortho intramolecular Hbond substituents is 1. The SMILES string of the molecule is Oc1ccc(C2CCC(C3CCC3)CC2)cc1. The molecular weight excluding hydrogens is 208 g/mol. The molecule has 1 nitrogen and oxygen atoms in total. The monoisotopic (exact) mass is 230 g/mol. The van der Waals surface area contributed by atoms with E-state index in [2.05, 4.69) is 12.1 Å². The van der Waals surface area contributed by atoms with Gasteiger partial charge in [-0.05, 0) is 61.1 Å². The smallest absolute Gasteiger partial charge is 0.115 e. The Bertz CT molecular complexity index is 356. The first-order valence-electron chi connectivity index (χ1n) is 7.12. The second-order valence-electron chi connectivity index (χ2n) is 5.89. The molecule has 0 heterocycles. The van der Waals surface area contributed by atoms with Crippen molar-refractivity contribution in [3.8, 4) is 5.75 Å². The molecule has 3 rings (SSSR count). The van der Waals surface area contributed by atoms with Crippen molar-refractivity contribution in [2.75, 3.05) is 0 Å². The Kier molecular flexibility index (Phi) is 3.09. The van der Waals surface area contributed by atoms with Gasteiger partial charge in [0, 0.05) is 0 Å². The predicted molar refractivity (Wildman–Crippen MR) is 70.1 cm³/mol. The molecule has 2 aliphatic carbocycles. The van der Waals surface area contributed by atoms with E-state index in [4.69, 9.17) is 0 Å². The zero-order chi connectivity index (χ0) is 11.7. The van der Waals surface area contributed by atoms with Crippen LogP contribution in [0.15, 0.2) is 24.3 Å². The number of benzene rings is 1. The highest BCUT2D eigenvalue weighted by Gasteiger charge is 2.31. The summed E-state index contributed by atoms with van der Waals surface area (Å²) >= 11 is 0. The summed E-state index contributed by atoms with van der Waals surface area (Å²) in [4.78, 5) is 0. The van der Waals surface area contributed by atoms with Crippen LogP contribution in [0, 0.1) is 11.8 Å². The zero-order valence-corrected chi connectivity index (χ0v) is 10.4. The van der Waals surface area contributed by atoms with Crippen molar-refractivity contribution in [2.24, 2.45) is 11.8 Å². The molecule has 1 aromatic rings. The zero-order valence-electron chi connectivity index (χ0n) is 10.4. The molecule has 1 N–H and O–H groups in total. The minimum absolute atomic E-state index is 0.386. The van der Waals surface area contributed by atoms with Gasteiger partial charge >= 0.3 is 0 Å². The molecule has 2 aliphatic rings. The second-order valence-corrected chi connectivity index (χ2v) is 5.89. The Balaban J connectivity index is 1.58. The highest BCUT2D eigenvalue weighted by Crippen LogP contribution is 2.44. The lowest BCUT2D eigenvalue weighted by atomic mass is 9.67. The Morgan fingerprint density at radius 3 is 1.88 bits per heavy atom. The summed E-state index contributed by atoms with van der Waals surface area (Å²) in [5.74, 6) is 3.22. The van der Waals surface area contributed by atoms with E-state index in [1.165, 1.54) is 50.5 Å². The fraction of sp³-hybridized carbons (Fsp3) is 0.625. The maximum absolute atomic E-state index is 9.31. The predicted octanol–water partition coefficient (Wildman–Crippen LogP) is 4.47. The van der Waals surface area contributed by atoms with Crippen LogP contribution in [0.2, 0.25) is 0 Å². The van der Waals surface area contributed by atoms with Crippen LogP contribution in [0.4, 0.5) is 0 Å². The molecular formula is C16H22O. The molecule has 0 aromatic heterocycles. The van der Waals surface area contributed by atoms with E-state index in [0.717, 1.165) is 17.8 Å². The number of hydrogen-bond donors (Lipinski definition) is 1. The van der Waals surface area contributed by atoms with Crippen molar-refractivity contribution in [2.45, 2.75) is 50.9 Å². The van der Waals surface area contributed by atoms with E-state index in [0.29, 0.717) is 5.75 Å². The van der Waals surface area contributed by atoms with Crippen LogP contribution >= 0.6 is 0 Å². The standard InChI is InChI=1S/C16H22O/c17-16-10-8-15(9-11-16)14-6-4-13(5-7-14)12-2-1-3-12/h8-14,17H,1-7H2. The Hall–Kier alpha value is -0.980. The first-order chi connectivity index (χ1) is 8.33. The van der Waals surface area contributed by atoms with Crippen LogP contribution < -0.4 is 0 Å². The number of aromatic hydroxyl groups is 1. The average molecular weight is 230 g/mol. The van der Waals surface area contributed by atoms with Crippen molar-refractivity contribution >= 4 is 0 Å². The Morgan fingerprint density at radius 1 is 0.765 bits per heavy atom. The van der Waals surface area contributed by atoms with Crippen molar-refractivity contribution in [3.05, 3.63) is 29.8 Å². The molecule has 0 amide bonds. The van der Waals surface area contributed by atoms with E-state index >= 15 is 0 Å². The second kappa shape index (κ2) is 4.72. The lowest BCUT2D eigenvalue weighted by Crippen LogP contribution is -2.25. The van der Waals surface area contributed by atoms with E-state index in [1.807, 2.05) is 12.1 Å². The third-order valence-electron chi connectivity index (χ3n) is 4.95. The van der Waals surface area contributed by atoms with Crippen LogP contribution in [0.3, 0.4) is 0 Å². The summed E-state index contributed by atoms with van der Waals surface area (Å²) in [7, 11) is 0. The number of hydrogen-bond acceptors (Lipinski definition) is 1. The third kappa shape index (κ3) is 2.34. The van der Waals surface area contributed by atoms with E-state index in [9.17, 15) is 5.11 Å². The van der Waals surface area contributed by atoms with E-state index in [-0.39, 0.29) is 0 Å². The molecule has 1 heteroatoms. The van der Waals surface area contributed by atoms with Gasteiger partial charge in [-0.1, -0.05) is 31.4 Å². The highest BCUT2D eigenvalue weighted by molar-refractivity contribution is 5.28. The normalized spacial score (nSPS) is 29.9. The molecule has 0 unspecified atom stereocenters. The van der Waals surface area contributed by atoms with Gasteiger partial charge in [0.15, 0.2) is 0 Å². The van der Waals surface area contributed by atoms with Crippen molar-refractivity contribution in [1.29, 1.82) is 0 Å². The van der Waals surface area contributed by atoms with Crippen LogP contribution in [0.25, 0.3) is 0 Å². The Morgan fingerprint density at radius 2 is 1.35 bits per heavy atom. The summed E-state index contributed by atoms with van der Waals surface area (Å²) in [5, 5.41) is 9.31. The number of rotatable bonds is 2. The number of phenols is 1. The molecule has 0 saturated heterocycles. The van der Waals surface area contributed by atoms with Gasteiger partial charge in [-0.15, -0.1) is 0 Å². The fourth-order valence-electron chi connectivity index (χ4n) is 3.58. The van der Waals surface area contributed by atoms with Crippen molar-refractivity contribution < 1.29 is 5.11 Å². The molecule has 2 fully saturated rings. The minimum atomic E-state index is 0.386. The van der Waals surface area contributed by atoms with Crippen LogP contribution in [-0.2, 0) is 0 Å². The summed E-state index contributed by atoms with van der Waals surface area (Å²) < 4.78 is 0. The van der Waals surface area contributed by atoms with Crippen molar-refractivity contribution in [3.63, 3.8) is 0 Å². The first-order valence-corrected chi connectivity index (χ1v) is 7.12. The lowest BCUT2D eigenvalue weighted by Gasteiger charge is -2.38. The van der Waals surface area contributed by atoms with Gasteiger partial charge in [0.2, 0.25) is 0 Å². The summed E-state index contributed by atoms with van der Waals surface area (Å²) in [6, 6.07) is 7.86. The summed E-state index contributed by atoms with van der Waals surface area (Å²) in [5.41, 5.74) is 1.43. The lowest BCUT2D eigenvalue weighted by molar-refractivity contribution is 0.154. The highest BCUT2D eigenvalue weighted by atomic mass is 16.3. The Labute approximate surface area is 104 Å². The molecule has 17 heavy (non-hydrogen) atoms. The van der Waals surface area contributed by atoms with Gasteiger partial charge in [0.05, 0.1) is 0 Å². The van der Waals surface area contributed by atoms with E-state index in [1.54, 1.807) is 0 Å². The molecule has 0 aliphatic heterocycles. The quantitative estimate of drug-likeness (QED) is 0.795. The molecule has 0 bridgehead atoms. The molecule has 0 spiro atoms. The van der Waals surface area contributed by atoms with Gasteiger partial charge in [0.1, 0.15) is 5.75 Å². The van der Waals surface area contributed by atoms with Crippen LogP contribution in [0.1, 0.15) is 56.4 Å². The van der Waals surface area contributed by atoms with Gasteiger partial charge in [-0.3, -0.25) is 0 Å². The van der Waals surface area contributed by atoms with E-state index < -0.39 is 0 Å². The van der Waals surface area contributed by atoms with Crippen molar-refractivity contribution in [1.82, 2.24) is 0 Å². The molecule has 0 atom stereocenters. The first kappa shape index (κ1) is 11.1. The average Bonchev–Trinajstić information content (AvgIpc) is 2.29.